The standard InChI is InChI=1S/C11H16O4S/c1-7(2)16-6-8(3)10(12)15-9-4-5-14-11(9)13/h7,9H,3-6H2,1-2H3. The van der Waals surface area contributed by atoms with Crippen molar-refractivity contribution in [2.75, 3.05) is 12.4 Å². The molecule has 0 saturated carbocycles. The van der Waals surface area contributed by atoms with E-state index in [0.717, 1.165) is 0 Å². The molecule has 0 radical (unpaired) electrons. The third-order valence-corrected chi connectivity index (χ3v) is 3.20. The maximum Gasteiger partial charge on any atom is 0.347 e. The van der Waals surface area contributed by atoms with E-state index >= 15 is 0 Å². The number of hydrogen-bond donors (Lipinski definition) is 0. The molecule has 4 nitrogen and oxygen atoms in total. The molecule has 0 aromatic carbocycles. The van der Waals surface area contributed by atoms with E-state index in [1.54, 1.807) is 11.8 Å². The number of ether oxygens (including phenoxy) is 2. The van der Waals surface area contributed by atoms with Gasteiger partial charge in [0.25, 0.3) is 0 Å². The highest BCUT2D eigenvalue weighted by Crippen LogP contribution is 2.16. The molecule has 0 aromatic heterocycles. The average molecular weight is 244 g/mol. The van der Waals surface area contributed by atoms with E-state index in [-0.39, 0.29) is 0 Å². The number of carbonyl (C=O) groups is 2. The number of carbonyl (C=O) groups excluding carboxylic acids is 2. The lowest BCUT2D eigenvalue weighted by Gasteiger charge is -2.10. The number of hydrogen-bond acceptors (Lipinski definition) is 5. The summed E-state index contributed by atoms with van der Waals surface area (Å²) in [6.45, 7) is 8.05. The molecule has 1 saturated heterocycles. The maximum atomic E-state index is 11.5. The largest absolute Gasteiger partial charge is 0.463 e. The summed E-state index contributed by atoms with van der Waals surface area (Å²) in [5.74, 6) is -0.437. The Hall–Kier alpha value is -0.970. The summed E-state index contributed by atoms with van der Waals surface area (Å²) in [7, 11) is 0. The molecule has 90 valence electrons. The first-order chi connectivity index (χ1) is 7.50. The zero-order valence-electron chi connectivity index (χ0n) is 9.52. The van der Waals surface area contributed by atoms with Crippen molar-refractivity contribution in [3.8, 4) is 0 Å². The Morgan fingerprint density at radius 3 is 2.88 bits per heavy atom. The van der Waals surface area contributed by atoms with Crippen LogP contribution in [-0.4, -0.2) is 35.7 Å². The third kappa shape index (κ3) is 3.89. The molecule has 0 bridgehead atoms. The summed E-state index contributed by atoms with van der Waals surface area (Å²) < 4.78 is 9.68. The highest BCUT2D eigenvalue weighted by atomic mass is 32.2. The first kappa shape index (κ1) is 13.1. The van der Waals surface area contributed by atoms with Crippen LogP contribution in [0, 0.1) is 0 Å². The normalized spacial score (nSPS) is 19.7. The fourth-order valence-electron chi connectivity index (χ4n) is 1.12. The Bertz CT molecular complexity index is 298. The number of thioether (sulfide) groups is 1. The number of esters is 2. The predicted molar refractivity (Wildman–Crippen MR) is 62.2 cm³/mol. The Balaban J connectivity index is 2.34. The molecule has 16 heavy (non-hydrogen) atoms. The van der Waals surface area contributed by atoms with E-state index in [1.807, 2.05) is 13.8 Å². The van der Waals surface area contributed by atoms with Crippen molar-refractivity contribution in [1.82, 2.24) is 0 Å². The molecule has 1 unspecified atom stereocenters. The highest BCUT2D eigenvalue weighted by Gasteiger charge is 2.30. The van der Waals surface area contributed by atoms with Gasteiger partial charge in [0, 0.05) is 17.7 Å². The highest BCUT2D eigenvalue weighted by molar-refractivity contribution is 8.00. The molecule has 1 fully saturated rings. The quantitative estimate of drug-likeness (QED) is 0.542. The van der Waals surface area contributed by atoms with Crippen molar-refractivity contribution < 1.29 is 19.1 Å². The van der Waals surface area contributed by atoms with E-state index in [0.29, 0.717) is 29.6 Å². The average Bonchev–Trinajstić information content (AvgIpc) is 2.60. The fourth-order valence-corrected chi connectivity index (χ4v) is 1.78. The summed E-state index contributed by atoms with van der Waals surface area (Å²) in [5.41, 5.74) is 0.387. The lowest BCUT2D eigenvalue weighted by atomic mass is 10.3. The molecule has 0 amide bonds. The minimum Gasteiger partial charge on any atom is -0.463 e. The molecule has 1 atom stereocenters. The molecular formula is C11H16O4S. The summed E-state index contributed by atoms with van der Waals surface area (Å²) in [4.78, 5) is 22.6. The van der Waals surface area contributed by atoms with Gasteiger partial charge in [-0.2, -0.15) is 11.8 Å². The second-order valence-corrected chi connectivity index (χ2v) is 5.38. The van der Waals surface area contributed by atoms with Gasteiger partial charge in [-0.3, -0.25) is 0 Å². The molecule has 0 spiro atoms. The minimum atomic E-state index is -0.742. The van der Waals surface area contributed by atoms with Crippen LogP contribution in [0.3, 0.4) is 0 Å². The van der Waals surface area contributed by atoms with Crippen molar-refractivity contribution in [2.24, 2.45) is 0 Å². The smallest absolute Gasteiger partial charge is 0.347 e. The van der Waals surface area contributed by atoms with Crippen LogP contribution in [-0.2, 0) is 19.1 Å². The van der Waals surface area contributed by atoms with Gasteiger partial charge in [0.1, 0.15) is 0 Å². The Morgan fingerprint density at radius 2 is 2.38 bits per heavy atom. The molecule has 1 rings (SSSR count). The monoisotopic (exact) mass is 244 g/mol. The van der Waals surface area contributed by atoms with Crippen LogP contribution < -0.4 is 0 Å². The van der Waals surface area contributed by atoms with Gasteiger partial charge in [0.05, 0.1) is 6.61 Å². The molecule has 0 aromatic rings. The van der Waals surface area contributed by atoms with Crippen molar-refractivity contribution in [2.45, 2.75) is 31.6 Å². The van der Waals surface area contributed by atoms with Gasteiger partial charge in [-0.15, -0.1) is 0 Å². The number of rotatable bonds is 5. The van der Waals surface area contributed by atoms with Gasteiger partial charge < -0.3 is 9.47 Å². The van der Waals surface area contributed by atoms with Crippen LogP contribution in [0.15, 0.2) is 12.2 Å². The van der Waals surface area contributed by atoms with Crippen molar-refractivity contribution in [3.05, 3.63) is 12.2 Å². The van der Waals surface area contributed by atoms with E-state index in [9.17, 15) is 9.59 Å². The Labute approximate surface area is 99.4 Å². The fraction of sp³-hybridized carbons (Fsp3) is 0.636. The molecule has 1 heterocycles. The summed E-state index contributed by atoms with van der Waals surface area (Å²) in [6, 6.07) is 0. The molecule has 0 aliphatic carbocycles. The van der Waals surface area contributed by atoms with Crippen LogP contribution in [0.25, 0.3) is 0 Å². The van der Waals surface area contributed by atoms with Crippen LogP contribution >= 0.6 is 11.8 Å². The van der Waals surface area contributed by atoms with Crippen molar-refractivity contribution in [3.63, 3.8) is 0 Å². The lowest BCUT2D eigenvalue weighted by molar-refractivity contribution is -0.157. The second kappa shape index (κ2) is 5.94. The van der Waals surface area contributed by atoms with Gasteiger partial charge in [-0.1, -0.05) is 20.4 Å². The Kier molecular flexibility index (Phi) is 4.86. The van der Waals surface area contributed by atoms with Gasteiger partial charge in [-0.05, 0) is 5.25 Å². The minimum absolute atomic E-state index is 0.323. The van der Waals surface area contributed by atoms with E-state index in [4.69, 9.17) is 9.47 Å². The van der Waals surface area contributed by atoms with Gasteiger partial charge in [0.2, 0.25) is 6.10 Å². The maximum absolute atomic E-state index is 11.5. The predicted octanol–water partition coefficient (Wildman–Crippen LogP) is 1.54. The summed E-state index contributed by atoms with van der Waals surface area (Å²) in [6.07, 6.45) is -0.303. The summed E-state index contributed by atoms with van der Waals surface area (Å²) in [5, 5.41) is 0.431. The van der Waals surface area contributed by atoms with E-state index < -0.39 is 18.0 Å². The molecule has 5 heteroatoms. The Morgan fingerprint density at radius 1 is 1.69 bits per heavy atom. The first-order valence-electron chi connectivity index (χ1n) is 5.17. The van der Waals surface area contributed by atoms with Crippen molar-refractivity contribution in [1.29, 1.82) is 0 Å². The van der Waals surface area contributed by atoms with Gasteiger partial charge >= 0.3 is 11.9 Å². The molecule has 0 N–H and O–H groups in total. The molecular weight excluding hydrogens is 228 g/mol. The first-order valence-corrected chi connectivity index (χ1v) is 6.22. The van der Waals surface area contributed by atoms with E-state index in [1.165, 1.54) is 0 Å². The number of cyclic esters (lactones) is 1. The third-order valence-electron chi connectivity index (χ3n) is 2.02. The van der Waals surface area contributed by atoms with Crippen LogP contribution in [0.5, 0.6) is 0 Å². The molecule has 1 aliphatic rings. The lowest BCUT2D eigenvalue weighted by Crippen LogP contribution is -2.24. The van der Waals surface area contributed by atoms with Crippen LogP contribution in [0.1, 0.15) is 20.3 Å². The summed E-state index contributed by atoms with van der Waals surface area (Å²) >= 11 is 1.61. The second-order valence-electron chi connectivity index (χ2n) is 3.81. The van der Waals surface area contributed by atoms with Gasteiger partial charge in [-0.25, -0.2) is 9.59 Å². The van der Waals surface area contributed by atoms with E-state index in [2.05, 4.69) is 6.58 Å². The molecule has 1 aliphatic heterocycles. The van der Waals surface area contributed by atoms with Crippen molar-refractivity contribution >= 4 is 23.7 Å². The SMILES string of the molecule is C=C(CSC(C)C)C(=O)OC1CCOC1=O. The topological polar surface area (TPSA) is 52.6 Å². The van der Waals surface area contributed by atoms with Gasteiger partial charge in [0.15, 0.2) is 0 Å². The van der Waals surface area contributed by atoms with Crippen LogP contribution in [0.4, 0.5) is 0 Å². The zero-order chi connectivity index (χ0) is 12.1. The van der Waals surface area contributed by atoms with Crippen LogP contribution in [0.2, 0.25) is 0 Å². The zero-order valence-corrected chi connectivity index (χ0v) is 10.3.